The molecular formula is C14H19FN2O2. The second-order valence-electron chi connectivity index (χ2n) is 5.03. The number of hydrogen-bond acceptors (Lipinski definition) is 2. The molecule has 0 radical (unpaired) electrons. The maximum absolute atomic E-state index is 13.1. The molecule has 2 N–H and O–H groups in total. The molecule has 2 atom stereocenters. The highest BCUT2D eigenvalue weighted by Gasteiger charge is 2.26. The van der Waals surface area contributed by atoms with Gasteiger partial charge in [0.1, 0.15) is 5.82 Å². The van der Waals surface area contributed by atoms with Crippen LogP contribution in [0.5, 0.6) is 0 Å². The number of aliphatic hydroxyl groups excluding tert-OH is 1. The number of halogens is 1. The van der Waals surface area contributed by atoms with Crippen molar-refractivity contribution in [2.45, 2.75) is 31.8 Å². The molecule has 104 valence electrons. The lowest BCUT2D eigenvalue weighted by atomic mass is 10.1. The first-order valence-electron chi connectivity index (χ1n) is 6.45. The van der Waals surface area contributed by atoms with Crippen molar-refractivity contribution in [3.63, 3.8) is 0 Å². The fourth-order valence-electron chi connectivity index (χ4n) is 2.31. The standard InChI is InChI=1S/C14H19FN2O2/c1-9(8-18)17(2)14(19)16-13-6-3-10-7-11(15)4-5-12(10)13/h4-5,7,9,13,18H,3,6,8H2,1-2H3,(H,16,19). The molecule has 0 saturated heterocycles. The molecule has 0 saturated carbocycles. The monoisotopic (exact) mass is 266 g/mol. The van der Waals surface area contributed by atoms with Crippen LogP contribution in [-0.4, -0.2) is 35.7 Å². The number of fused-ring (bicyclic) bond motifs is 1. The Morgan fingerprint density at radius 3 is 3.05 bits per heavy atom. The molecule has 0 heterocycles. The number of nitrogens with one attached hydrogen (secondary N) is 1. The summed E-state index contributed by atoms with van der Waals surface area (Å²) in [7, 11) is 1.65. The van der Waals surface area contributed by atoms with Gasteiger partial charge in [-0.05, 0) is 43.0 Å². The molecule has 1 aliphatic rings. The highest BCUT2D eigenvalue weighted by Crippen LogP contribution is 2.31. The summed E-state index contributed by atoms with van der Waals surface area (Å²) in [5.41, 5.74) is 1.95. The Balaban J connectivity index is 2.05. The number of aliphatic hydroxyl groups is 1. The van der Waals surface area contributed by atoms with Crippen LogP contribution in [-0.2, 0) is 6.42 Å². The molecule has 1 aromatic carbocycles. The number of amides is 2. The summed E-state index contributed by atoms with van der Waals surface area (Å²) < 4.78 is 13.1. The van der Waals surface area contributed by atoms with Gasteiger partial charge in [-0.2, -0.15) is 0 Å². The largest absolute Gasteiger partial charge is 0.394 e. The van der Waals surface area contributed by atoms with Crippen molar-refractivity contribution < 1.29 is 14.3 Å². The Hall–Kier alpha value is -1.62. The Bertz CT molecular complexity index is 479. The Morgan fingerprint density at radius 1 is 1.63 bits per heavy atom. The summed E-state index contributed by atoms with van der Waals surface area (Å²) in [5.74, 6) is -0.239. The zero-order valence-electron chi connectivity index (χ0n) is 11.2. The summed E-state index contributed by atoms with van der Waals surface area (Å²) in [6, 6.07) is 4.16. The molecule has 0 aromatic heterocycles. The van der Waals surface area contributed by atoms with Crippen LogP contribution in [0.1, 0.15) is 30.5 Å². The lowest BCUT2D eigenvalue weighted by Gasteiger charge is -2.25. The van der Waals surface area contributed by atoms with Gasteiger partial charge in [0.2, 0.25) is 0 Å². The second kappa shape index (κ2) is 5.57. The van der Waals surface area contributed by atoms with Gasteiger partial charge in [0.25, 0.3) is 0 Å². The van der Waals surface area contributed by atoms with Crippen LogP contribution in [0.2, 0.25) is 0 Å². The Morgan fingerprint density at radius 2 is 2.37 bits per heavy atom. The topological polar surface area (TPSA) is 52.6 Å². The SMILES string of the molecule is CC(CO)N(C)C(=O)NC1CCc2cc(F)ccc21. The number of likely N-dealkylation sites (N-methyl/N-ethyl adjacent to an activating group) is 1. The quantitative estimate of drug-likeness (QED) is 0.877. The lowest BCUT2D eigenvalue weighted by Crippen LogP contribution is -2.44. The number of urea groups is 1. The molecule has 0 fully saturated rings. The van der Waals surface area contributed by atoms with Gasteiger partial charge in [0.05, 0.1) is 18.7 Å². The van der Waals surface area contributed by atoms with E-state index in [0.29, 0.717) is 0 Å². The predicted molar refractivity (Wildman–Crippen MR) is 70.3 cm³/mol. The number of aryl methyl sites for hydroxylation is 1. The van der Waals surface area contributed by atoms with Crippen LogP contribution in [0.25, 0.3) is 0 Å². The number of hydrogen-bond donors (Lipinski definition) is 2. The van der Waals surface area contributed by atoms with Gasteiger partial charge in [-0.3, -0.25) is 0 Å². The van der Waals surface area contributed by atoms with Crippen molar-refractivity contribution in [2.24, 2.45) is 0 Å². The van der Waals surface area contributed by atoms with Crippen LogP contribution in [0.15, 0.2) is 18.2 Å². The van der Waals surface area contributed by atoms with Gasteiger partial charge in [0, 0.05) is 7.05 Å². The zero-order chi connectivity index (χ0) is 14.0. The average Bonchev–Trinajstić information content (AvgIpc) is 2.79. The normalized spacial score (nSPS) is 18.8. The molecule has 0 bridgehead atoms. The van der Waals surface area contributed by atoms with Crippen molar-refractivity contribution in [3.8, 4) is 0 Å². The van der Waals surface area contributed by atoms with Gasteiger partial charge in [-0.1, -0.05) is 6.07 Å². The number of carbonyl (C=O) groups excluding carboxylic acids is 1. The molecule has 19 heavy (non-hydrogen) atoms. The molecule has 0 spiro atoms. The molecule has 4 nitrogen and oxygen atoms in total. The third kappa shape index (κ3) is 2.87. The highest BCUT2D eigenvalue weighted by molar-refractivity contribution is 5.75. The molecule has 2 unspecified atom stereocenters. The van der Waals surface area contributed by atoms with Crippen molar-refractivity contribution >= 4 is 6.03 Å². The summed E-state index contributed by atoms with van der Waals surface area (Å²) >= 11 is 0. The minimum Gasteiger partial charge on any atom is -0.394 e. The lowest BCUT2D eigenvalue weighted by molar-refractivity contribution is 0.155. The third-order valence-corrected chi connectivity index (χ3v) is 3.73. The second-order valence-corrected chi connectivity index (χ2v) is 5.03. The van der Waals surface area contributed by atoms with Gasteiger partial charge in [-0.25, -0.2) is 9.18 Å². The molecule has 2 rings (SSSR count). The Kier molecular flexibility index (Phi) is 4.04. The van der Waals surface area contributed by atoms with Crippen LogP contribution in [0, 0.1) is 5.82 Å². The predicted octanol–water partition coefficient (Wildman–Crippen LogP) is 1.84. The highest BCUT2D eigenvalue weighted by atomic mass is 19.1. The molecule has 1 aromatic rings. The fourth-order valence-corrected chi connectivity index (χ4v) is 2.31. The van der Waals surface area contributed by atoms with Crippen LogP contribution < -0.4 is 5.32 Å². The Labute approximate surface area is 112 Å². The zero-order valence-corrected chi connectivity index (χ0v) is 11.2. The minimum atomic E-state index is -0.239. The smallest absolute Gasteiger partial charge is 0.317 e. The fraction of sp³-hybridized carbons (Fsp3) is 0.500. The van der Waals surface area contributed by atoms with E-state index in [4.69, 9.17) is 5.11 Å². The van der Waals surface area contributed by atoms with Crippen molar-refractivity contribution in [2.75, 3.05) is 13.7 Å². The average molecular weight is 266 g/mol. The van der Waals surface area contributed by atoms with E-state index in [2.05, 4.69) is 5.32 Å². The van der Waals surface area contributed by atoms with E-state index in [1.807, 2.05) is 0 Å². The van der Waals surface area contributed by atoms with Gasteiger partial charge < -0.3 is 15.3 Å². The van der Waals surface area contributed by atoms with Crippen LogP contribution >= 0.6 is 0 Å². The third-order valence-electron chi connectivity index (χ3n) is 3.73. The van der Waals surface area contributed by atoms with E-state index in [0.717, 1.165) is 24.0 Å². The van der Waals surface area contributed by atoms with E-state index < -0.39 is 0 Å². The maximum Gasteiger partial charge on any atom is 0.317 e. The van der Waals surface area contributed by atoms with Crippen molar-refractivity contribution in [1.29, 1.82) is 0 Å². The van der Waals surface area contributed by atoms with Crippen molar-refractivity contribution in [1.82, 2.24) is 10.2 Å². The first kappa shape index (κ1) is 13.8. The van der Waals surface area contributed by atoms with E-state index in [1.54, 1.807) is 20.0 Å². The van der Waals surface area contributed by atoms with Gasteiger partial charge >= 0.3 is 6.03 Å². The molecule has 0 aliphatic heterocycles. The van der Waals surface area contributed by atoms with Crippen LogP contribution in [0.3, 0.4) is 0 Å². The van der Waals surface area contributed by atoms with Crippen molar-refractivity contribution in [3.05, 3.63) is 35.1 Å². The van der Waals surface area contributed by atoms with Crippen LogP contribution in [0.4, 0.5) is 9.18 Å². The molecular weight excluding hydrogens is 247 g/mol. The number of benzene rings is 1. The molecule has 5 heteroatoms. The summed E-state index contributed by atoms with van der Waals surface area (Å²) in [6.45, 7) is 1.70. The summed E-state index contributed by atoms with van der Waals surface area (Å²) in [6.07, 6.45) is 1.56. The number of rotatable bonds is 3. The molecule has 2 amide bonds. The van der Waals surface area contributed by atoms with E-state index in [1.165, 1.54) is 17.0 Å². The van der Waals surface area contributed by atoms with Gasteiger partial charge in [-0.15, -0.1) is 0 Å². The van der Waals surface area contributed by atoms with E-state index >= 15 is 0 Å². The first-order valence-corrected chi connectivity index (χ1v) is 6.45. The number of carbonyl (C=O) groups is 1. The van der Waals surface area contributed by atoms with Gasteiger partial charge in [0.15, 0.2) is 0 Å². The van der Waals surface area contributed by atoms with E-state index in [-0.39, 0.29) is 30.5 Å². The first-order chi connectivity index (χ1) is 9.02. The molecule has 1 aliphatic carbocycles. The number of nitrogens with zero attached hydrogens (tertiary/aromatic N) is 1. The van der Waals surface area contributed by atoms with E-state index in [9.17, 15) is 9.18 Å². The summed E-state index contributed by atoms with van der Waals surface area (Å²) in [5, 5.41) is 12.0. The minimum absolute atomic E-state index is 0.0727. The maximum atomic E-state index is 13.1. The summed E-state index contributed by atoms with van der Waals surface area (Å²) in [4.78, 5) is 13.5.